The summed E-state index contributed by atoms with van der Waals surface area (Å²) >= 11 is 0. The van der Waals surface area contributed by atoms with Crippen LogP contribution in [0, 0.1) is 17.2 Å². The lowest BCUT2D eigenvalue weighted by Crippen LogP contribution is -2.41. The van der Waals surface area contributed by atoms with Gasteiger partial charge in [-0.2, -0.15) is 5.26 Å². The van der Waals surface area contributed by atoms with Crippen LogP contribution in [-0.4, -0.2) is 30.6 Å². The number of likely N-dealkylation sites (tertiary alicyclic amines) is 1. The number of hydrogen-bond acceptors (Lipinski definition) is 4. The molecule has 0 radical (unpaired) electrons. The predicted molar refractivity (Wildman–Crippen MR) is 75.7 cm³/mol. The second-order valence-corrected chi connectivity index (χ2v) is 5.03. The van der Waals surface area contributed by atoms with E-state index in [1.165, 1.54) is 0 Å². The molecule has 20 heavy (non-hydrogen) atoms. The summed E-state index contributed by atoms with van der Waals surface area (Å²) in [6, 6.07) is 11.8. The second kappa shape index (κ2) is 7.06. The zero-order valence-corrected chi connectivity index (χ0v) is 11.8. The van der Waals surface area contributed by atoms with Crippen LogP contribution in [0.1, 0.15) is 31.4 Å². The fraction of sp³-hybridized carbons (Fsp3) is 0.500. The van der Waals surface area contributed by atoms with Gasteiger partial charge in [0, 0.05) is 6.54 Å². The molecule has 2 unspecified atom stereocenters. The maximum atomic E-state index is 11.9. The molecule has 1 fully saturated rings. The highest BCUT2D eigenvalue weighted by Gasteiger charge is 2.31. The fourth-order valence-corrected chi connectivity index (χ4v) is 2.70. The Morgan fingerprint density at radius 3 is 2.90 bits per heavy atom. The number of nitrogens with zero attached hydrogens (tertiary/aromatic N) is 2. The summed E-state index contributed by atoms with van der Waals surface area (Å²) < 4.78 is 5.10. The van der Waals surface area contributed by atoms with E-state index in [9.17, 15) is 10.1 Å². The van der Waals surface area contributed by atoms with Crippen molar-refractivity contribution in [3.63, 3.8) is 0 Å². The zero-order chi connectivity index (χ0) is 14.4. The summed E-state index contributed by atoms with van der Waals surface area (Å²) in [6.45, 7) is 3.69. The SMILES string of the molecule is CCOC(=O)C1CCCN(C(C#N)c2ccccc2)C1. The molecular weight excluding hydrogens is 252 g/mol. The normalized spacial score (nSPS) is 20.9. The smallest absolute Gasteiger partial charge is 0.310 e. The highest BCUT2D eigenvalue weighted by Crippen LogP contribution is 2.27. The van der Waals surface area contributed by atoms with E-state index >= 15 is 0 Å². The molecule has 0 aliphatic carbocycles. The topological polar surface area (TPSA) is 53.3 Å². The van der Waals surface area contributed by atoms with Crippen molar-refractivity contribution >= 4 is 5.97 Å². The maximum absolute atomic E-state index is 11.9. The second-order valence-electron chi connectivity index (χ2n) is 5.03. The number of ether oxygens (including phenoxy) is 1. The molecule has 0 spiro atoms. The lowest BCUT2D eigenvalue weighted by molar-refractivity contribution is -0.150. The molecule has 106 valence electrons. The molecule has 0 bridgehead atoms. The molecule has 1 aromatic carbocycles. The van der Waals surface area contributed by atoms with Crippen molar-refractivity contribution in [3.8, 4) is 6.07 Å². The van der Waals surface area contributed by atoms with Crippen molar-refractivity contribution in [2.24, 2.45) is 5.92 Å². The van der Waals surface area contributed by atoms with E-state index in [2.05, 4.69) is 11.0 Å². The van der Waals surface area contributed by atoms with Crippen LogP contribution in [0.2, 0.25) is 0 Å². The number of piperidine rings is 1. The molecule has 1 saturated heterocycles. The highest BCUT2D eigenvalue weighted by molar-refractivity contribution is 5.72. The van der Waals surface area contributed by atoms with Gasteiger partial charge in [0.05, 0.1) is 18.6 Å². The first-order valence-electron chi connectivity index (χ1n) is 7.11. The molecule has 4 nitrogen and oxygen atoms in total. The van der Waals surface area contributed by atoms with E-state index < -0.39 is 0 Å². The Hall–Kier alpha value is -1.86. The van der Waals surface area contributed by atoms with Crippen LogP contribution >= 0.6 is 0 Å². The van der Waals surface area contributed by atoms with Crippen LogP contribution < -0.4 is 0 Å². The lowest BCUT2D eigenvalue weighted by Gasteiger charge is -2.34. The molecule has 2 rings (SSSR count). The quantitative estimate of drug-likeness (QED) is 0.790. The van der Waals surface area contributed by atoms with E-state index in [1.54, 1.807) is 0 Å². The summed E-state index contributed by atoms with van der Waals surface area (Å²) in [5.74, 6) is -0.245. The molecule has 1 aliphatic rings. The van der Waals surface area contributed by atoms with Gasteiger partial charge in [0.15, 0.2) is 0 Å². The first-order valence-corrected chi connectivity index (χ1v) is 7.11. The van der Waals surface area contributed by atoms with Gasteiger partial charge in [0.2, 0.25) is 0 Å². The summed E-state index contributed by atoms with van der Waals surface area (Å²) in [7, 11) is 0. The number of benzene rings is 1. The lowest BCUT2D eigenvalue weighted by atomic mass is 9.95. The van der Waals surface area contributed by atoms with E-state index in [0.717, 1.165) is 24.9 Å². The molecule has 4 heteroatoms. The number of carbonyl (C=O) groups is 1. The summed E-state index contributed by atoms with van der Waals surface area (Å²) in [4.78, 5) is 13.9. The summed E-state index contributed by atoms with van der Waals surface area (Å²) in [5, 5.41) is 9.45. The van der Waals surface area contributed by atoms with Gasteiger partial charge in [-0.25, -0.2) is 0 Å². The van der Waals surface area contributed by atoms with Crippen molar-refractivity contribution in [1.29, 1.82) is 5.26 Å². The third-order valence-electron chi connectivity index (χ3n) is 3.68. The Morgan fingerprint density at radius 1 is 1.50 bits per heavy atom. The number of carbonyl (C=O) groups excluding carboxylic acids is 1. The van der Waals surface area contributed by atoms with Crippen molar-refractivity contribution in [1.82, 2.24) is 4.90 Å². The summed E-state index contributed by atoms with van der Waals surface area (Å²) in [5.41, 5.74) is 0.986. The predicted octanol–water partition coefficient (Wildman–Crippen LogP) is 2.53. The van der Waals surface area contributed by atoms with Gasteiger partial charge in [-0.05, 0) is 31.9 Å². The number of nitriles is 1. The van der Waals surface area contributed by atoms with Gasteiger partial charge >= 0.3 is 5.97 Å². The average molecular weight is 272 g/mol. The fourth-order valence-electron chi connectivity index (χ4n) is 2.70. The molecule has 1 heterocycles. The Morgan fingerprint density at radius 2 is 2.25 bits per heavy atom. The first-order chi connectivity index (χ1) is 9.76. The van der Waals surface area contributed by atoms with E-state index in [4.69, 9.17) is 4.74 Å². The Kier molecular flexibility index (Phi) is 5.14. The average Bonchev–Trinajstić information content (AvgIpc) is 2.50. The van der Waals surface area contributed by atoms with Crippen LogP contribution in [-0.2, 0) is 9.53 Å². The van der Waals surface area contributed by atoms with Gasteiger partial charge in [-0.1, -0.05) is 30.3 Å². The minimum atomic E-state index is -0.284. The summed E-state index contributed by atoms with van der Waals surface area (Å²) in [6.07, 6.45) is 1.77. The van der Waals surface area contributed by atoms with Gasteiger partial charge < -0.3 is 4.74 Å². The van der Waals surface area contributed by atoms with Crippen LogP contribution in [0.5, 0.6) is 0 Å². The van der Waals surface area contributed by atoms with E-state index in [-0.39, 0.29) is 17.9 Å². The molecule has 2 atom stereocenters. The van der Waals surface area contributed by atoms with E-state index in [1.807, 2.05) is 37.3 Å². The van der Waals surface area contributed by atoms with Crippen LogP contribution in [0.4, 0.5) is 0 Å². The Balaban J connectivity index is 2.07. The molecule has 1 aromatic rings. The van der Waals surface area contributed by atoms with Gasteiger partial charge in [0.1, 0.15) is 6.04 Å². The molecule has 0 N–H and O–H groups in total. The Labute approximate surface area is 120 Å². The third-order valence-corrected chi connectivity index (χ3v) is 3.68. The monoisotopic (exact) mass is 272 g/mol. The first kappa shape index (κ1) is 14.5. The molecular formula is C16H20N2O2. The molecule has 0 amide bonds. The van der Waals surface area contributed by atoms with Crippen LogP contribution in [0.25, 0.3) is 0 Å². The standard InChI is InChI=1S/C16H20N2O2/c1-2-20-16(19)14-9-6-10-18(12-14)15(11-17)13-7-4-3-5-8-13/h3-5,7-8,14-15H,2,6,9-10,12H2,1H3. The molecule has 1 aliphatic heterocycles. The largest absolute Gasteiger partial charge is 0.466 e. The third kappa shape index (κ3) is 3.37. The highest BCUT2D eigenvalue weighted by atomic mass is 16.5. The van der Waals surface area contributed by atoms with Crippen molar-refractivity contribution in [2.45, 2.75) is 25.8 Å². The van der Waals surface area contributed by atoms with Crippen molar-refractivity contribution < 1.29 is 9.53 Å². The van der Waals surface area contributed by atoms with Gasteiger partial charge in [0.25, 0.3) is 0 Å². The van der Waals surface area contributed by atoms with Crippen molar-refractivity contribution in [3.05, 3.63) is 35.9 Å². The zero-order valence-electron chi connectivity index (χ0n) is 11.8. The van der Waals surface area contributed by atoms with E-state index in [0.29, 0.717) is 13.2 Å². The van der Waals surface area contributed by atoms with Crippen molar-refractivity contribution in [2.75, 3.05) is 19.7 Å². The minimum absolute atomic E-state index is 0.108. The van der Waals surface area contributed by atoms with Gasteiger partial charge in [-0.3, -0.25) is 9.69 Å². The number of rotatable bonds is 4. The number of hydrogen-bond donors (Lipinski definition) is 0. The van der Waals surface area contributed by atoms with Crippen LogP contribution in [0.15, 0.2) is 30.3 Å². The number of esters is 1. The maximum Gasteiger partial charge on any atom is 0.310 e. The molecule has 0 aromatic heterocycles. The van der Waals surface area contributed by atoms with Gasteiger partial charge in [-0.15, -0.1) is 0 Å². The Bertz CT molecular complexity index is 481. The molecule has 0 saturated carbocycles. The minimum Gasteiger partial charge on any atom is -0.466 e. The van der Waals surface area contributed by atoms with Crippen LogP contribution in [0.3, 0.4) is 0 Å².